The van der Waals surface area contributed by atoms with Crippen molar-refractivity contribution in [1.29, 1.82) is 0 Å². The zero-order valence-corrected chi connectivity index (χ0v) is 20.7. The number of carbonyl (C=O) groups is 2. The van der Waals surface area contributed by atoms with Gasteiger partial charge in [0, 0.05) is 25.9 Å². The van der Waals surface area contributed by atoms with Crippen LogP contribution in [0.5, 0.6) is 0 Å². The number of ether oxygens (including phenoxy) is 3. The Morgan fingerprint density at radius 1 is 1.15 bits per heavy atom. The summed E-state index contributed by atoms with van der Waals surface area (Å²) in [5.74, 6) is -4.81. The van der Waals surface area contributed by atoms with Crippen LogP contribution in [0.25, 0.3) is 0 Å². The van der Waals surface area contributed by atoms with Gasteiger partial charge in [-0.25, -0.2) is 0 Å². The first-order valence-electron chi connectivity index (χ1n) is 12.9. The summed E-state index contributed by atoms with van der Waals surface area (Å²) in [6.07, 6.45) is 9.62. The van der Waals surface area contributed by atoms with Gasteiger partial charge in [-0.15, -0.1) is 0 Å². The molecule has 0 amide bonds. The van der Waals surface area contributed by atoms with Gasteiger partial charge in [0.15, 0.2) is 6.29 Å². The maximum atomic E-state index is 13.9. The summed E-state index contributed by atoms with van der Waals surface area (Å²) in [6.45, 7) is 2.28. The van der Waals surface area contributed by atoms with Crippen molar-refractivity contribution in [3.05, 3.63) is 12.2 Å². The third kappa shape index (κ3) is 9.34. The van der Waals surface area contributed by atoms with E-state index in [1.165, 1.54) is 13.2 Å². The molecule has 5 atom stereocenters. The summed E-state index contributed by atoms with van der Waals surface area (Å²) >= 11 is 0. The Morgan fingerprint density at radius 2 is 1.91 bits per heavy atom. The Kier molecular flexibility index (Phi) is 12.6. The fourth-order valence-electron chi connectivity index (χ4n) is 5.05. The summed E-state index contributed by atoms with van der Waals surface area (Å²) < 4.78 is 44.3. The van der Waals surface area contributed by atoms with Crippen molar-refractivity contribution < 1.29 is 37.7 Å². The molecule has 0 radical (unpaired) electrons. The van der Waals surface area contributed by atoms with Crippen molar-refractivity contribution in [1.82, 2.24) is 0 Å². The number of aliphatic hydroxyl groups excluding tert-OH is 1. The zero-order valence-electron chi connectivity index (χ0n) is 20.7. The summed E-state index contributed by atoms with van der Waals surface area (Å²) in [5.41, 5.74) is 0. The van der Waals surface area contributed by atoms with Crippen molar-refractivity contribution in [3.63, 3.8) is 0 Å². The van der Waals surface area contributed by atoms with Gasteiger partial charge in [0.2, 0.25) is 5.78 Å². The lowest BCUT2D eigenvalue weighted by Crippen LogP contribution is -2.31. The van der Waals surface area contributed by atoms with Gasteiger partial charge in [0.1, 0.15) is 0 Å². The van der Waals surface area contributed by atoms with E-state index in [-0.39, 0.29) is 36.6 Å². The van der Waals surface area contributed by atoms with Gasteiger partial charge in [-0.05, 0) is 62.9 Å². The monoisotopic (exact) mass is 488 g/mol. The highest BCUT2D eigenvalue weighted by atomic mass is 19.3. The minimum absolute atomic E-state index is 0.0369. The molecule has 34 heavy (non-hydrogen) atoms. The molecule has 0 aromatic carbocycles. The molecule has 2 aliphatic rings. The molecule has 2 fully saturated rings. The van der Waals surface area contributed by atoms with Crippen molar-refractivity contribution in [3.8, 4) is 0 Å². The highest BCUT2D eigenvalue weighted by Crippen LogP contribution is 2.41. The quantitative estimate of drug-likeness (QED) is 0.190. The Bertz CT molecular complexity index is 647. The highest BCUT2D eigenvalue weighted by molar-refractivity contribution is 5.95. The van der Waals surface area contributed by atoms with Crippen LogP contribution in [-0.2, 0) is 23.8 Å². The number of rotatable bonds is 15. The molecule has 1 aliphatic heterocycles. The van der Waals surface area contributed by atoms with Crippen LogP contribution in [0.15, 0.2) is 12.2 Å². The van der Waals surface area contributed by atoms with Crippen molar-refractivity contribution in [2.45, 2.75) is 115 Å². The molecular weight excluding hydrogens is 446 g/mol. The van der Waals surface area contributed by atoms with Crippen LogP contribution >= 0.6 is 0 Å². The van der Waals surface area contributed by atoms with E-state index in [4.69, 9.17) is 9.47 Å². The maximum absolute atomic E-state index is 13.9. The second-order valence-electron chi connectivity index (χ2n) is 9.59. The minimum Gasteiger partial charge on any atom is -0.469 e. The predicted octanol–water partition coefficient (Wildman–Crippen LogP) is 5.36. The maximum Gasteiger partial charge on any atom is 0.309 e. The lowest BCUT2D eigenvalue weighted by molar-refractivity contribution is -0.196. The molecule has 2 rings (SSSR count). The lowest BCUT2D eigenvalue weighted by atomic mass is 9.86. The Morgan fingerprint density at radius 3 is 2.59 bits per heavy atom. The third-order valence-electron chi connectivity index (χ3n) is 6.96. The van der Waals surface area contributed by atoms with Crippen LogP contribution in [0, 0.1) is 11.8 Å². The minimum atomic E-state index is -3.34. The van der Waals surface area contributed by atoms with Gasteiger partial charge in [0.05, 0.1) is 19.3 Å². The molecule has 1 N–H and O–H groups in total. The number of methoxy groups -OCH3 is 1. The number of hydrogen-bond donors (Lipinski definition) is 1. The molecule has 1 saturated carbocycles. The molecule has 1 heterocycles. The highest BCUT2D eigenvalue weighted by Gasteiger charge is 2.43. The zero-order chi connectivity index (χ0) is 25.0. The van der Waals surface area contributed by atoms with Crippen molar-refractivity contribution in [2.24, 2.45) is 11.8 Å². The lowest BCUT2D eigenvalue weighted by Gasteiger charge is -2.30. The molecule has 1 aliphatic carbocycles. The Balaban J connectivity index is 1.95. The first-order valence-corrected chi connectivity index (χ1v) is 12.9. The van der Waals surface area contributed by atoms with Crippen LogP contribution < -0.4 is 0 Å². The summed E-state index contributed by atoms with van der Waals surface area (Å²) in [7, 11) is 1.38. The summed E-state index contributed by atoms with van der Waals surface area (Å²) in [5, 5.41) is 10.8. The molecular formula is C26H42F2O6. The number of esters is 1. The number of carbonyl (C=O) groups excluding carboxylic acids is 2. The number of hydrogen-bond acceptors (Lipinski definition) is 6. The van der Waals surface area contributed by atoms with Gasteiger partial charge >= 0.3 is 11.9 Å². The average Bonchev–Trinajstić information content (AvgIpc) is 3.10. The number of aliphatic hydroxyl groups is 1. The molecule has 1 unspecified atom stereocenters. The second-order valence-corrected chi connectivity index (χ2v) is 9.59. The Labute approximate surface area is 202 Å². The van der Waals surface area contributed by atoms with Crippen LogP contribution in [0.2, 0.25) is 0 Å². The van der Waals surface area contributed by atoms with E-state index >= 15 is 0 Å². The predicted molar refractivity (Wildman–Crippen MR) is 124 cm³/mol. The topological polar surface area (TPSA) is 82.1 Å². The van der Waals surface area contributed by atoms with E-state index in [1.54, 1.807) is 6.92 Å². The molecule has 0 bridgehead atoms. The number of allylic oxidation sites excluding steroid dienone is 2. The van der Waals surface area contributed by atoms with Crippen molar-refractivity contribution >= 4 is 11.8 Å². The largest absolute Gasteiger partial charge is 0.469 e. The number of alkyl halides is 2. The number of ketones is 1. The fraction of sp³-hybridized carbons (Fsp3) is 0.846. The number of halogens is 2. The molecule has 196 valence electrons. The second kappa shape index (κ2) is 14.9. The SMILES string of the molecule is CCCC(F)(F)C(=O)/C=C/C[C@@H]1[C@@H](CCCCCCC(=O)OC)[C@@H](O)C[C@H]1OC1CCCCO1. The van der Waals surface area contributed by atoms with E-state index in [1.807, 2.05) is 0 Å². The summed E-state index contributed by atoms with van der Waals surface area (Å²) in [6, 6.07) is 0. The van der Waals surface area contributed by atoms with E-state index in [0.29, 0.717) is 25.9 Å². The van der Waals surface area contributed by atoms with E-state index in [9.17, 15) is 23.5 Å². The molecule has 0 aromatic rings. The van der Waals surface area contributed by atoms with E-state index in [2.05, 4.69) is 4.74 Å². The average molecular weight is 489 g/mol. The fourth-order valence-corrected chi connectivity index (χ4v) is 5.05. The van der Waals surface area contributed by atoms with E-state index in [0.717, 1.165) is 57.4 Å². The van der Waals surface area contributed by atoms with Crippen LogP contribution in [0.1, 0.15) is 90.4 Å². The van der Waals surface area contributed by atoms with Gasteiger partial charge in [0.25, 0.3) is 0 Å². The van der Waals surface area contributed by atoms with Crippen molar-refractivity contribution in [2.75, 3.05) is 13.7 Å². The molecule has 1 saturated heterocycles. The van der Waals surface area contributed by atoms with Gasteiger partial charge in [-0.2, -0.15) is 8.78 Å². The normalized spacial score (nSPS) is 27.9. The van der Waals surface area contributed by atoms with Gasteiger partial charge < -0.3 is 19.3 Å². The standard InChI is InChI=1S/C26H42F2O6/c1-3-16-26(27,28)23(30)13-10-12-20-19(11-6-4-5-7-14-24(31)32-2)21(29)18-22(20)34-25-15-8-9-17-33-25/h10,13,19-22,25,29H,3-9,11-12,14-18H2,1-2H3/b13-10+/t19-,20-,21+,22-,25?/m1/s1. The first-order chi connectivity index (χ1) is 16.3. The Hall–Kier alpha value is -1.38. The first kappa shape index (κ1) is 28.9. The molecule has 0 aromatic heterocycles. The molecule has 8 heteroatoms. The third-order valence-corrected chi connectivity index (χ3v) is 6.96. The van der Waals surface area contributed by atoms with Crippen LogP contribution in [0.3, 0.4) is 0 Å². The summed E-state index contributed by atoms with van der Waals surface area (Å²) in [4.78, 5) is 23.2. The van der Waals surface area contributed by atoms with E-state index < -0.39 is 24.2 Å². The molecule has 0 spiro atoms. The van der Waals surface area contributed by atoms with Crippen LogP contribution in [0.4, 0.5) is 8.78 Å². The van der Waals surface area contributed by atoms with Gasteiger partial charge in [-0.1, -0.05) is 32.3 Å². The number of unbranched alkanes of at least 4 members (excludes halogenated alkanes) is 3. The smallest absolute Gasteiger partial charge is 0.309 e. The molecule has 6 nitrogen and oxygen atoms in total. The van der Waals surface area contributed by atoms with Gasteiger partial charge in [-0.3, -0.25) is 9.59 Å². The van der Waals surface area contributed by atoms with Crippen LogP contribution in [-0.4, -0.2) is 55.0 Å².